The molecule has 1 heterocycles. The molecule has 0 aromatic heterocycles. The summed E-state index contributed by atoms with van der Waals surface area (Å²) in [6.45, 7) is 3.08. The summed E-state index contributed by atoms with van der Waals surface area (Å²) in [4.78, 5) is 18.5. The van der Waals surface area contributed by atoms with Crippen LogP contribution >= 0.6 is 0 Å². The van der Waals surface area contributed by atoms with Gasteiger partial charge in [0.25, 0.3) is 0 Å². The van der Waals surface area contributed by atoms with Gasteiger partial charge in [-0.15, -0.1) is 0 Å². The van der Waals surface area contributed by atoms with E-state index < -0.39 is 0 Å². The molecule has 31 heavy (non-hydrogen) atoms. The molecular formula is C27H33N3O. The SMILES string of the molecule is CN(C(=O)C(c1ccccc1)c1ccccc1)C(CN1CCCC1)C1C=CCC(=N)C1. The Morgan fingerprint density at radius 1 is 1.03 bits per heavy atom. The number of likely N-dealkylation sites (N-methyl/N-ethyl adjacent to an activating group) is 1. The molecule has 2 aromatic rings. The third kappa shape index (κ3) is 5.13. The van der Waals surface area contributed by atoms with E-state index in [1.165, 1.54) is 12.8 Å². The number of likely N-dealkylation sites (tertiary alicyclic amines) is 1. The lowest BCUT2D eigenvalue weighted by Gasteiger charge is -2.39. The molecule has 0 radical (unpaired) electrons. The van der Waals surface area contributed by atoms with Gasteiger partial charge in [0.2, 0.25) is 5.91 Å². The van der Waals surface area contributed by atoms with Gasteiger partial charge in [0.05, 0.1) is 12.0 Å². The highest BCUT2D eigenvalue weighted by Crippen LogP contribution is 2.30. The molecule has 4 heteroatoms. The highest BCUT2D eigenvalue weighted by atomic mass is 16.2. The van der Waals surface area contributed by atoms with Crippen LogP contribution in [-0.2, 0) is 4.79 Å². The summed E-state index contributed by atoms with van der Waals surface area (Å²) >= 11 is 0. The summed E-state index contributed by atoms with van der Waals surface area (Å²) in [6.07, 6.45) is 8.30. The Morgan fingerprint density at radius 3 is 2.16 bits per heavy atom. The van der Waals surface area contributed by atoms with Crippen molar-refractivity contribution in [3.63, 3.8) is 0 Å². The van der Waals surface area contributed by atoms with Crippen molar-refractivity contribution >= 4 is 11.6 Å². The van der Waals surface area contributed by atoms with Crippen LogP contribution in [-0.4, -0.2) is 54.1 Å². The second-order valence-corrected chi connectivity index (χ2v) is 8.88. The summed E-state index contributed by atoms with van der Waals surface area (Å²) in [5, 5.41) is 8.23. The summed E-state index contributed by atoms with van der Waals surface area (Å²) < 4.78 is 0. The van der Waals surface area contributed by atoms with Crippen molar-refractivity contribution < 1.29 is 4.79 Å². The third-order valence-corrected chi connectivity index (χ3v) is 6.73. The lowest BCUT2D eigenvalue weighted by Crippen LogP contribution is -2.50. The minimum atomic E-state index is -0.319. The van der Waals surface area contributed by atoms with Gasteiger partial charge in [-0.2, -0.15) is 0 Å². The van der Waals surface area contributed by atoms with E-state index in [-0.39, 0.29) is 23.8 Å². The summed E-state index contributed by atoms with van der Waals surface area (Å²) in [7, 11) is 1.97. The minimum Gasteiger partial charge on any atom is -0.340 e. The molecular weight excluding hydrogens is 382 g/mol. The number of allylic oxidation sites excluding steroid dienone is 1. The Labute approximate surface area is 186 Å². The van der Waals surface area contributed by atoms with E-state index in [1.54, 1.807) is 0 Å². The number of benzene rings is 2. The van der Waals surface area contributed by atoms with Crippen LogP contribution in [0.15, 0.2) is 72.8 Å². The molecule has 0 bridgehead atoms. The van der Waals surface area contributed by atoms with Crippen molar-refractivity contribution in [1.29, 1.82) is 5.41 Å². The van der Waals surface area contributed by atoms with Crippen LogP contribution in [0, 0.1) is 11.3 Å². The predicted molar refractivity (Wildman–Crippen MR) is 127 cm³/mol. The maximum atomic E-state index is 14.0. The van der Waals surface area contributed by atoms with E-state index >= 15 is 0 Å². The molecule has 2 unspecified atom stereocenters. The average Bonchev–Trinajstić information content (AvgIpc) is 3.32. The molecule has 0 spiro atoms. The number of carbonyl (C=O) groups excluding carboxylic acids is 1. The zero-order valence-electron chi connectivity index (χ0n) is 18.4. The topological polar surface area (TPSA) is 47.4 Å². The highest BCUT2D eigenvalue weighted by molar-refractivity contribution is 5.88. The van der Waals surface area contributed by atoms with Crippen LogP contribution < -0.4 is 0 Å². The summed E-state index contributed by atoms with van der Waals surface area (Å²) in [6, 6.07) is 20.3. The van der Waals surface area contributed by atoms with Gasteiger partial charge in [-0.25, -0.2) is 0 Å². The molecule has 1 N–H and O–H groups in total. The first kappa shape index (κ1) is 21.5. The Morgan fingerprint density at radius 2 is 1.61 bits per heavy atom. The monoisotopic (exact) mass is 415 g/mol. The van der Waals surface area contributed by atoms with E-state index in [0.717, 1.165) is 49.3 Å². The third-order valence-electron chi connectivity index (χ3n) is 6.73. The van der Waals surface area contributed by atoms with Crippen molar-refractivity contribution in [2.45, 2.75) is 37.6 Å². The van der Waals surface area contributed by atoms with Gasteiger partial charge >= 0.3 is 0 Å². The molecule has 1 fully saturated rings. The first-order chi connectivity index (χ1) is 15.1. The molecule has 1 aliphatic carbocycles. The molecule has 2 aliphatic rings. The second kappa shape index (κ2) is 10.1. The summed E-state index contributed by atoms with van der Waals surface area (Å²) in [5.74, 6) is 0.00981. The second-order valence-electron chi connectivity index (χ2n) is 8.88. The lowest BCUT2D eigenvalue weighted by molar-refractivity contribution is -0.133. The first-order valence-electron chi connectivity index (χ1n) is 11.5. The van der Waals surface area contributed by atoms with Crippen LogP contribution in [0.5, 0.6) is 0 Å². The number of hydrogen-bond donors (Lipinski definition) is 1. The van der Waals surface area contributed by atoms with Gasteiger partial charge < -0.3 is 15.2 Å². The molecule has 4 nitrogen and oxygen atoms in total. The minimum absolute atomic E-state index is 0.0671. The molecule has 2 aromatic carbocycles. The van der Waals surface area contributed by atoms with Crippen molar-refractivity contribution in [3.8, 4) is 0 Å². The van der Waals surface area contributed by atoms with Gasteiger partial charge in [-0.3, -0.25) is 4.79 Å². The number of rotatable bonds is 7. The van der Waals surface area contributed by atoms with Crippen LogP contribution in [0.3, 0.4) is 0 Å². The molecule has 162 valence electrons. The maximum Gasteiger partial charge on any atom is 0.234 e. The number of hydrogen-bond acceptors (Lipinski definition) is 3. The number of amides is 1. The van der Waals surface area contributed by atoms with E-state index in [4.69, 9.17) is 5.41 Å². The van der Waals surface area contributed by atoms with Crippen LogP contribution in [0.2, 0.25) is 0 Å². The zero-order chi connectivity index (χ0) is 21.6. The fraction of sp³-hybridized carbons (Fsp3) is 0.407. The van der Waals surface area contributed by atoms with Crippen LogP contribution in [0.1, 0.15) is 42.7 Å². The van der Waals surface area contributed by atoms with E-state index in [9.17, 15) is 4.79 Å². The molecule has 2 atom stereocenters. The van der Waals surface area contributed by atoms with Gasteiger partial charge in [0.15, 0.2) is 0 Å². The molecule has 1 amide bonds. The number of nitrogens with one attached hydrogen (secondary N) is 1. The molecule has 0 saturated carbocycles. The van der Waals surface area contributed by atoms with Crippen LogP contribution in [0.4, 0.5) is 0 Å². The standard InChI is InChI=1S/C27H33N3O/c1-29(25(20-30-17-8-9-18-30)23-15-10-16-24(28)19-23)27(31)26(21-11-4-2-5-12-21)22-13-6-3-7-14-22/h2-7,10-15,23,25-26,28H,8-9,16-20H2,1H3. The van der Waals surface area contributed by atoms with Gasteiger partial charge in [-0.05, 0) is 43.5 Å². The van der Waals surface area contributed by atoms with Gasteiger partial charge in [0.1, 0.15) is 0 Å². The highest BCUT2D eigenvalue weighted by Gasteiger charge is 2.35. The lowest BCUT2D eigenvalue weighted by atomic mass is 9.85. The van der Waals surface area contributed by atoms with Crippen molar-refractivity contribution in [1.82, 2.24) is 9.80 Å². The van der Waals surface area contributed by atoms with Crippen LogP contribution in [0.25, 0.3) is 0 Å². The predicted octanol–water partition coefficient (Wildman–Crippen LogP) is 4.73. The number of nitrogens with zero attached hydrogens (tertiary/aromatic N) is 2. The van der Waals surface area contributed by atoms with Gasteiger partial charge in [-0.1, -0.05) is 72.8 Å². The Balaban J connectivity index is 1.65. The average molecular weight is 416 g/mol. The fourth-order valence-electron chi connectivity index (χ4n) is 5.00. The molecule has 1 saturated heterocycles. The largest absolute Gasteiger partial charge is 0.340 e. The summed E-state index contributed by atoms with van der Waals surface area (Å²) in [5.41, 5.74) is 2.82. The Bertz CT molecular complexity index is 863. The molecule has 1 aliphatic heterocycles. The number of carbonyl (C=O) groups is 1. The Hall–Kier alpha value is -2.72. The van der Waals surface area contributed by atoms with Gasteiger partial charge in [0, 0.05) is 31.6 Å². The zero-order valence-corrected chi connectivity index (χ0v) is 18.4. The molecule has 4 rings (SSSR count). The normalized spacial score (nSPS) is 20.2. The maximum absolute atomic E-state index is 14.0. The van der Waals surface area contributed by atoms with E-state index in [0.29, 0.717) is 0 Å². The smallest absolute Gasteiger partial charge is 0.234 e. The van der Waals surface area contributed by atoms with Crippen molar-refractivity contribution in [2.75, 3.05) is 26.7 Å². The van der Waals surface area contributed by atoms with E-state index in [1.807, 2.05) is 48.3 Å². The van der Waals surface area contributed by atoms with E-state index in [2.05, 4.69) is 41.3 Å². The van der Waals surface area contributed by atoms with Crippen molar-refractivity contribution in [3.05, 3.63) is 83.9 Å². The van der Waals surface area contributed by atoms with Crippen molar-refractivity contribution in [2.24, 2.45) is 5.92 Å². The quantitative estimate of drug-likeness (QED) is 0.665. The Kier molecular flexibility index (Phi) is 6.98. The first-order valence-corrected chi connectivity index (χ1v) is 11.5. The fourth-order valence-corrected chi connectivity index (χ4v) is 5.00.